The van der Waals surface area contributed by atoms with Gasteiger partial charge in [-0.05, 0) is 49.7 Å². The molecule has 3 nitrogen and oxygen atoms in total. The molecule has 0 unspecified atom stereocenters. The van der Waals surface area contributed by atoms with Crippen molar-refractivity contribution in [3.63, 3.8) is 0 Å². The topological polar surface area (TPSA) is 42.0 Å². The second-order valence-corrected chi connectivity index (χ2v) is 7.01. The number of nitrogens with zero attached hydrogens (tertiary/aromatic N) is 1. The number of rotatable bonds is 3. The van der Waals surface area contributed by atoms with E-state index in [1.54, 1.807) is 29.7 Å². The number of thiophene rings is 1. The van der Waals surface area contributed by atoms with Crippen LogP contribution in [0.1, 0.15) is 20.9 Å². The third-order valence-corrected chi connectivity index (χ3v) is 5.14. The quantitative estimate of drug-likeness (QED) is 0.743. The molecule has 1 N–H and O–H groups in total. The van der Waals surface area contributed by atoms with E-state index in [4.69, 9.17) is 0 Å². The normalized spacial score (nSPS) is 10.7. The number of aromatic nitrogens is 1. The largest absolute Gasteiger partial charge is 0.320 e. The molecule has 0 aliphatic heterocycles. The zero-order chi connectivity index (χ0) is 15.7. The Balaban J connectivity index is 1.79. The summed E-state index contributed by atoms with van der Waals surface area (Å²) in [5, 5.41) is 5.33. The molecule has 1 amide bonds. The van der Waals surface area contributed by atoms with Crippen LogP contribution in [0.15, 0.2) is 35.7 Å². The molecule has 3 rings (SSSR count). The lowest BCUT2D eigenvalue weighted by Crippen LogP contribution is -2.13. The summed E-state index contributed by atoms with van der Waals surface area (Å²) in [5.74, 6) is -0.606. The van der Waals surface area contributed by atoms with Gasteiger partial charge in [0.15, 0.2) is 0 Å². The highest BCUT2D eigenvalue weighted by Gasteiger charge is 2.14. The third kappa shape index (κ3) is 3.08. The molecule has 0 aliphatic rings. The third-order valence-electron chi connectivity index (χ3n) is 3.12. The highest BCUT2D eigenvalue weighted by molar-refractivity contribution is 7.21. The van der Waals surface area contributed by atoms with Crippen molar-refractivity contribution in [2.45, 2.75) is 13.8 Å². The number of anilines is 1. The maximum absolute atomic E-state index is 13.1. The Morgan fingerprint density at radius 1 is 1.23 bits per heavy atom. The van der Waals surface area contributed by atoms with Gasteiger partial charge in [-0.3, -0.25) is 4.79 Å². The highest BCUT2D eigenvalue weighted by atomic mass is 32.1. The van der Waals surface area contributed by atoms with Gasteiger partial charge < -0.3 is 5.32 Å². The smallest absolute Gasteiger partial charge is 0.275 e. The van der Waals surface area contributed by atoms with Crippen molar-refractivity contribution in [1.29, 1.82) is 0 Å². The fourth-order valence-corrected chi connectivity index (χ4v) is 3.73. The summed E-state index contributed by atoms with van der Waals surface area (Å²) >= 11 is 3.09. The number of halogens is 1. The average molecular weight is 332 g/mol. The van der Waals surface area contributed by atoms with Crippen molar-refractivity contribution in [2.24, 2.45) is 0 Å². The molecular weight excluding hydrogens is 319 g/mol. The van der Waals surface area contributed by atoms with Gasteiger partial charge in [0, 0.05) is 15.9 Å². The van der Waals surface area contributed by atoms with Crippen LogP contribution in [0.25, 0.3) is 9.88 Å². The van der Waals surface area contributed by atoms with Crippen molar-refractivity contribution >= 4 is 34.3 Å². The molecule has 0 saturated heterocycles. The number of carbonyl (C=O) groups is 1. The van der Waals surface area contributed by atoms with Crippen LogP contribution >= 0.6 is 22.7 Å². The second-order valence-electron chi connectivity index (χ2n) is 4.86. The number of carbonyl (C=O) groups excluding carboxylic acids is 1. The van der Waals surface area contributed by atoms with Gasteiger partial charge in [0.2, 0.25) is 0 Å². The van der Waals surface area contributed by atoms with Crippen molar-refractivity contribution in [2.75, 3.05) is 5.32 Å². The van der Waals surface area contributed by atoms with E-state index in [1.165, 1.54) is 28.3 Å². The van der Waals surface area contributed by atoms with E-state index >= 15 is 0 Å². The standard InChI is InChI=1S/C16H13FN2OS2/c1-9-7-11(17)4-5-12(9)18-15(20)13-8-21-16(19-13)14-6-3-10(2)22-14/h3-8H,1-2H3,(H,18,20). The van der Waals surface area contributed by atoms with Crippen LogP contribution in [0.4, 0.5) is 10.1 Å². The van der Waals surface area contributed by atoms with Crippen LogP contribution in [0.5, 0.6) is 0 Å². The van der Waals surface area contributed by atoms with Crippen LogP contribution in [0, 0.1) is 19.7 Å². The molecule has 0 bridgehead atoms. The Hall–Kier alpha value is -2.05. The summed E-state index contributed by atoms with van der Waals surface area (Å²) in [6.07, 6.45) is 0. The van der Waals surface area contributed by atoms with E-state index in [9.17, 15) is 9.18 Å². The average Bonchev–Trinajstić information content (AvgIpc) is 3.10. The number of benzene rings is 1. The summed E-state index contributed by atoms with van der Waals surface area (Å²) in [5.41, 5.74) is 1.64. The van der Waals surface area contributed by atoms with E-state index in [0.717, 1.165) is 9.88 Å². The van der Waals surface area contributed by atoms with E-state index in [1.807, 2.05) is 19.1 Å². The molecular formula is C16H13FN2OS2. The molecule has 0 atom stereocenters. The van der Waals surface area contributed by atoms with Crippen LogP contribution in [0.3, 0.4) is 0 Å². The highest BCUT2D eigenvalue weighted by Crippen LogP contribution is 2.30. The Kier molecular flexibility index (Phi) is 4.04. The van der Waals surface area contributed by atoms with Gasteiger partial charge in [-0.25, -0.2) is 9.37 Å². The lowest BCUT2D eigenvalue weighted by Gasteiger charge is -2.06. The monoisotopic (exact) mass is 332 g/mol. The fourth-order valence-electron chi connectivity index (χ4n) is 1.99. The van der Waals surface area contributed by atoms with Gasteiger partial charge >= 0.3 is 0 Å². The molecule has 0 aliphatic carbocycles. The zero-order valence-electron chi connectivity index (χ0n) is 12.0. The van der Waals surface area contributed by atoms with E-state index in [0.29, 0.717) is 16.9 Å². The van der Waals surface area contributed by atoms with Crippen molar-refractivity contribution < 1.29 is 9.18 Å². The number of hydrogen-bond donors (Lipinski definition) is 1. The minimum atomic E-state index is -0.320. The van der Waals surface area contributed by atoms with Crippen LogP contribution in [-0.4, -0.2) is 10.9 Å². The number of thiazole rings is 1. The maximum atomic E-state index is 13.1. The Labute approximate surface area is 135 Å². The van der Waals surface area contributed by atoms with E-state index < -0.39 is 0 Å². The molecule has 22 heavy (non-hydrogen) atoms. The molecule has 3 aromatic rings. The molecule has 0 spiro atoms. The Morgan fingerprint density at radius 3 is 2.73 bits per heavy atom. The summed E-state index contributed by atoms with van der Waals surface area (Å²) in [6, 6.07) is 8.30. The lowest BCUT2D eigenvalue weighted by molar-refractivity contribution is 0.102. The first-order valence-corrected chi connectivity index (χ1v) is 8.32. The van der Waals surface area contributed by atoms with Crippen molar-refractivity contribution in [3.05, 3.63) is 57.7 Å². The molecule has 2 aromatic heterocycles. The first kappa shape index (κ1) is 14.9. The van der Waals surface area contributed by atoms with Gasteiger partial charge in [0.05, 0.1) is 4.88 Å². The predicted octanol–water partition coefficient (Wildman–Crippen LogP) is 4.88. The Morgan fingerprint density at radius 2 is 2.05 bits per heavy atom. The molecule has 112 valence electrons. The molecule has 0 fully saturated rings. The number of hydrogen-bond acceptors (Lipinski definition) is 4. The lowest BCUT2D eigenvalue weighted by atomic mass is 10.2. The SMILES string of the molecule is Cc1ccc(-c2nc(C(=O)Nc3ccc(F)cc3C)cs2)s1. The molecule has 0 saturated carbocycles. The first-order valence-electron chi connectivity index (χ1n) is 6.63. The fraction of sp³-hybridized carbons (Fsp3) is 0.125. The number of amides is 1. The van der Waals surface area contributed by atoms with E-state index in [2.05, 4.69) is 10.3 Å². The Bertz CT molecular complexity index is 838. The van der Waals surface area contributed by atoms with Gasteiger partial charge in [-0.1, -0.05) is 0 Å². The van der Waals surface area contributed by atoms with Gasteiger partial charge in [0.25, 0.3) is 5.91 Å². The minimum Gasteiger partial charge on any atom is -0.320 e. The van der Waals surface area contributed by atoms with Crippen molar-refractivity contribution in [1.82, 2.24) is 4.98 Å². The first-order chi connectivity index (χ1) is 10.5. The predicted molar refractivity (Wildman–Crippen MR) is 89.3 cm³/mol. The number of aryl methyl sites for hydroxylation is 2. The minimum absolute atomic E-state index is 0.287. The summed E-state index contributed by atoms with van der Waals surface area (Å²) in [7, 11) is 0. The summed E-state index contributed by atoms with van der Waals surface area (Å²) in [4.78, 5) is 18.9. The second kappa shape index (κ2) is 5.98. The van der Waals surface area contributed by atoms with Gasteiger partial charge in [0.1, 0.15) is 16.5 Å². The number of nitrogens with one attached hydrogen (secondary N) is 1. The van der Waals surface area contributed by atoms with Gasteiger partial charge in [-0.2, -0.15) is 0 Å². The van der Waals surface area contributed by atoms with Crippen molar-refractivity contribution in [3.8, 4) is 9.88 Å². The van der Waals surface area contributed by atoms with Crippen LogP contribution in [0.2, 0.25) is 0 Å². The van der Waals surface area contributed by atoms with E-state index in [-0.39, 0.29) is 11.7 Å². The molecule has 6 heteroatoms. The maximum Gasteiger partial charge on any atom is 0.275 e. The van der Waals surface area contributed by atoms with Crippen LogP contribution in [-0.2, 0) is 0 Å². The molecule has 0 radical (unpaired) electrons. The molecule has 1 aromatic carbocycles. The van der Waals surface area contributed by atoms with Crippen LogP contribution < -0.4 is 5.32 Å². The zero-order valence-corrected chi connectivity index (χ0v) is 13.6. The molecule has 2 heterocycles. The summed E-state index contributed by atoms with van der Waals surface area (Å²) < 4.78 is 13.1. The van der Waals surface area contributed by atoms with Gasteiger partial charge in [-0.15, -0.1) is 22.7 Å². The summed E-state index contributed by atoms with van der Waals surface area (Å²) in [6.45, 7) is 3.78.